The van der Waals surface area contributed by atoms with Gasteiger partial charge in [0, 0.05) is 18.0 Å². The number of benzene rings is 2. The van der Waals surface area contributed by atoms with E-state index in [4.69, 9.17) is 27.9 Å². The Kier molecular flexibility index (Phi) is 5.34. The van der Waals surface area contributed by atoms with E-state index in [1.807, 2.05) is 0 Å². The molecule has 3 rings (SSSR count). The second-order valence-corrected chi connectivity index (χ2v) is 6.66. The van der Waals surface area contributed by atoms with E-state index in [0.29, 0.717) is 16.5 Å². The van der Waals surface area contributed by atoms with Crippen molar-refractivity contribution in [3.8, 4) is 5.75 Å². The quantitative estimate of drug-likeness (QED) is 0.844. The van der Waals surface area contributed by atoms with Crippen LogP contribution in [0.4, 0.5) is 15.8 Å². The van der Waals surface area contributed by atoms with Gasteiger partial charge in [-0.05, 0) is 30.3 Å². The van der Waals surface area contributed by atoms with Gasteiger partial charge in [0.1, 0.15) is 5.75 Å². The molecule has 1 fully saturated rings. The van der Waals surface area contributed by atoms with Crippen LogP contribution < -0.4 is 15.0 Å². The molecule has 2 aromatic carbocycles. The summed E-state index contributed by atoms with van der Waals surface area (Å²) < 4.78 is 19.2. The van der Waals surface area contributed by atoms with E-state index in [-0.39, 0.29) is 29.6 Å². The molecule has 0 aliphatic carbocycles. The second-order valence-electron chi connectivity index (χ2n) is 5.81. The first kappa shape index (κ1) is 18.5. The molecule has 8 heteroatoms. The van der Waals surface area contributed by atoms with Crippen molar-refractivity contribution in [1.82, 2.24) is 0 Å². The summed E-state index contributed by atoms with van der Waals surface area (Å²) in [5.41, 5.74) is 0.475. The molecule has 0 saturated carbocycles. The maximum absolute atomic E-state index is 14.0. The Morgan fingerprint density at radius 2 is 2.08 bits per heavy atom. The van der Waals surface area contributed by atoms with E-state index in [9.17, 15) is 14.0 Å². The number of halogens is 3. The van der Waals surface area contributed by atoms with E-state index in [0.717, 1.165) is 0 Å². The minimum absolute atomic E-state index is 0.00366. The van der Waals surface area contributed by atoms with Crippen LogP contribution in [-0.2, 0) is 9.59 Å². The molecule has 2 aromatic rings. The van der Waals surface area contributed by atoms with Crippen molar-refractivity contribution < 1.29 is 18.7 Å². The van der Waals surface area contributed by atoms with E-state index < -0.39 is 17.6 Å². The number of carbonyl (C=O) groups is 2. The third-order valence-corrected chi connectivity index (χ3v) is 4.66. The number of hydrogen-bond donors (Lipinski definition) is 1. The lowest BCUT2D eigenvalue weighted by Gasteiger charge is -2.20. The molecule has 1 aliphatic rings. The normalized spacial score (nSPS) is 16.7. The van der Waals surface area contributed by atoms with Crippen LogP contribution in [0.1, 0.15) is 6.42 Å². The van der Waals surface area contributed by atoms with Crippen molar-refractivity contribution in [3.63, 3.8) is 0 Å². The Labute approximate surface area is 159 Å². The number of hydrogen-bond acceptors (Lipinski definition) is 3. The van der Waals surface area contributed by atoms with Gasteiger partial charge >= 0.3 is 0 Å². The van der Waals surface area contributed by atoms with Gasteiger partial charge in [-0.2, -0.15) is 0 Å². The van der Waals surface area contributed by atoms with Gasteiger partial charge in [0.2, 0.25) is 11.8 Å². The van der Waals surface area contributed by atoms with Gasteiger partial charge in [-0.1, -0.05) is 29.3 Å². The summed E-state index contributed by atoms with van der Waals surface area (Å²) >= 11 is 11.7. The van der Waals surface area contributed by atoms with E-state index in [1.54, 1.807) is 18.2 Å². The highest BCUT2D eigenvalue weighted by Gasteiger charge is 2.36. The van der Waals surface area contributed by atoms with E-state index in [1.165, 1.54) is 30.2 Å². The predicted octanol–water partition coefficient (Wildman–Crippen LogP) is 4.13. The van der Waals surface area contributed by atoms with Crippen LogP contribution in [-0.4, -0.2) is 25.5 Å². The molecule has 0 bridgehead atoms. The van der Waals surface area contributed by atoms with Crippen molar-refractivity contribution in [2.75, 3.05) is 23.9 Å². The summed E-state index contributed by atoms with van der Waals surface area (Å²) in [7, 11) is 1.49. The molecule has 2 amide bonds. The predicted molar refractivity (Wildman–Crippen MR) is 98.5 cm³/mol. The fourth-order valence-electron chi connectivity index (χ4n) is 2.83. The third-order valence-electron chi connectivity index (χ3n) is 4.14. The van der Waals surface area contributed by atoms with Gasteiger partial charge in [-0.25, -0.2) is 4.39 Å². The third kappa shape index (κ3) is 3.61. The van der Waals surface area contributed by atoms with Gasteiger partial charge in [-0.3, -0.25) is 9.59 Å². The molecule has 136 valence electrons. The average Bonchev–Trinajstić information content (AvgIpc) is 3.00. The van der Waals surface area contributed by atoms with Crippen LogP contribution >= 0.6 is 23.2 Å². The van der Waals surface area contributed by atoms with E-state index >= 15 is 0 Å². The molecule has 1 unspecified atom stereocenters. The van der Waals surface area contributed by atoms with Gasteiger partial charge in [0.05, 0.1) is 29.4 Å². The number of rotatable bonds is 4. The first-order valence-electron chi connectivity index (χ1n) is 7.79. The number of amides is 2. The van der Waals surface area contributed by atoms with Gasteiger partial charge in [0.15, 0.2) is 5.82 Å². The molecule has 1 N–H and O–H groups in total. The van der Waals surface area contributed by atoms with Crippen LogP contribution in [0, 0.1) is 11.7 Å². The highest BCUT2D eigenvalue weighted by atomic mass is 35.5. The molecule has 1 aliphatic heterocycles. The number of carbonyl (C=O) groups excluding carboxylic acids is 2. The lowest BCUT2D eigenvalue weighted by atomic mass is 10.1. The largest absolute Gasteiger partial charge is 0.495 e. The molecule has 0 aromatic heterocycles. The summed E-state index contributed by atoms with van der Waals surface area (Å²) in [4.78, 5) is 26.3. The molecular weight excluding hydrogens is 382 g/mol. The lowest BCUT2D eigenvalue weighted by molar-refractivity contribution is -0.122. The standard InChI is InChI=1S/C18H15Cl2FN2O3/c1-26-15-6-5-11(19)8-14(15)23-9-10(7-16(23)24)18(25)22-13-4-2-3-12(20)17(13)21/h2-6,8,10H,7,9H2,1H3,(H,22,25). The van der Waals surface area contributed by atoms with Crippen molar-refractivity contribution in [2.24, 2.45) is 5.92 Å². The Morgan fingerprint density at radius 3 is 2.81 bits per heavy atom. The first-order chi connectivity index (χ1) is 12.4. The summed E-state index contributed by atoms with van der Waals surface area (Å²) in [6.45, 7) is 0.142. The minimum Gasteiger partial charge on any atom is -0.495 e. The van der Waals surface area contributed by atoms with Crippen LogP contribution in [0.2, 0.25) is 10.0 Å². The molecule has 26 heavy (non-hydrogen) atoms. The fraction of sp³-hybridized carbons (Fsp3) is 0.222. The highest BCUT2D eigenvalue weighted by molar-refractivity contribution is 6.31. The molecule has 1 atom stereocenters. The van der Waals surface area contributed by atoms with Gasteiger partial charge < -0.3 is 15.0 Å². The maximum atomic E-state index is 14.0. The summed E-state index contributed by atoms with van der Waals surface area (Å²) in [6, 6.07) is 9.24. The Morgan fingerprint density at radius 1 is 1.31 bits per heavy atom. The van der Waals surface area contributed by atoms with Crippen LogP contribution in [0.5, 0.6) is 5.75 Å². The van der Waals surface area contributed by atoms with Gasteiger partial charge in [-0.15, -0.1) is 0 Å². The molecule has 5 nitrogen and oxygen atoms in total. The smallest absolute Gasteiger partial charge is 0.229 e. The van der Waals surface area contributed by atoms with E-state index in [2.05, 4.69) is 5.32 Å². The van der Waals surface area contributed by atoms with Crippen molar-refractivity contribution in [1.29, 1.82) is 0 Å². The lowest BCUT2D eigenvalue weighted by Crippen LogP contribution is -2.28. The number of nitrogens with zero attached hydrogens (tertiary/aromatic N) is 1. The summed E-state index contributed by atoms with van der Waals surface area (Å²) in [5, 5.41) is 2.85. The number of ether oxygens (including phenoxy) is 1. The summed E-state index contributed by atoms with van der Waals surface area (Å²) in [6.07, 6.45) is 0.00366. The fourth-order valence-corrected chi connectivity index (χ4v) is 3.17. The number of methoxy groups -OCH3 is 1. The first-order valence-corrected chi connectivity index (χ1v) is 8.55. The zero-order valence-electron chi connectivity index (χ0n) is 13.8. The molecule has 0 radical (unpaired) electrons. The SMILES string of the molecule is COc1ccc(Cl)cc1N1CC(C(=O)Nc2cccc(Cl)c2F)CC1=O. The molecule has 1 heterocycles. The minimum atomic E-state index is -0.708. The Bertz CT molecular complexity index is 876. The zero-order chi connectivity index (χ0) is 18.8. The van der Waals surface area contributed by atoms with Crippen molar-refractivity contribution in [2.45, 2.75) is 6.42 Å². The van der Waals surface area contributed by atoms with Crippen LogP contribution in [0.15, 0.2) is 36.4 Å². The number of nitrogens with one attached hydrogen (secondary N) is 1. The summed E-state index contributed by atoms with van der Waals surface area (Å²) in [5.74, 6) is -1.56. The number of anilines is 2. The van der Waals surface area contributed by atoms with Crippen LogP contribution in [0.25, 0.3) is 0 Å². The average molecular weight is 397 g/mol. The molecule has 1 saturated heterocycles. The van der Waals surface area contributed by atoms with Gasteiger partial charge in [0.25, 0.3) is 0 Å². The molecule has 0 spiro atoms. The Balaban J connectivity index is 1.78. The molecular formula is C18H15Cl2FN2O3. The van der Waals surface area contributed by atoms with Crippen LogP contribution in [0.3, 0.4) is 0 Å². The second kappa shape index (κ2) is 7.51. The zero-order valence-corrected chi connectivity index (χ0v) is 15.3. The van der Waals surface area contributed by atoms with Crippen molar-refractivity contribution in [3.05, 3.63) is 52.3 Å². The Hall–Kier alpha value is -2.31. The maximum Gasteiger partial charge on any atom is 0.229 e. The monoisotopic (exact) mass is 396 g/mol. The van der Waals surface area contributed by atoms with Crippen molar-refractivity contribution >= 4 is 46.4 Å². The highest BCUT2D eigenvalue weighted by Crippen LogP contribution is 2.35. The topological polar surface area (TPSA) is 58.6 Å².